The van der Waals surface area contributed by atoms with Gasteiger partial charge in [0.15, 0.2) is 0 Å². The van der Waals surface area contributed by atoms with Gasteiger partial charge in [-0.05, 0) is 24.6 Å². The third kappa shape index (κ3) is 6.79. The quantitative estimate of drug-likeness (QED) is 0.811. The SMILES string of the molecule is CN(CC(O)COCc1ccco1)CC(C)(C)C. The Morgan fingerprint density at radius 3 is 2.72 bits per heavy atom. The van der Waals surface area contributed by atoms with Gasteiger partial charge in [-0.25, -0.2) is 0 Å². The molecule has 4 heteroatoms. The van der Waals surface area contributed by atoms with Gasteiger partial charge in [0.25, 0.3) is 0 Å². The van der Waals surface area contributed by atoms with E-state index in [0.29, 0.717) is 19.8 Å². The average molecular weight is 255 g/mol. The molecule has 0 aliphatic rings. The fourth-order valence-corrected chi connectivity index (χ4v) is 1.98. The highest BCUT2D eigenvalue weighted by Gasteiger charge is 2.16. The Kier molecular flexibility index (Phi) is 5.85. The van der Waals surface area contributed by atoms with Crippen LogP contribution in [0.4, 0.5) is 0 Å². The van der Waals surface area contributed by atoms with Crippen LogP contribution in [-0.4, -0.2) is 42.9 Å². The van der Waals surface area contributed by atoms with Crippen molar-refractivity contribution in [2.24, 2.45) is 5.41 Å². The molecule has 1 atom stereocenters. The summed E-state index contributed by atoms with van der Waals surface area (Å²) in [6.45, 7) is 8.86. The lowest BCUT2D eigenvalue weighted by atomic mass is 9.96. The van der Waals surface area contributed by atoms with Crippen LogP contribution >= 0.6 is 0 Å². The van der Waals surface area contributed by atoms with Crippen LogP contribution in [0, 0.1) is 5.41 Å². The van der Waals surface area contributed by atoms with Crippen molar-refractivity contribution >= 4 is 0 Å². The Labute approximate surface area is 110 Å². The van der Waals surface area contributed by atoms with E-state index in [-0.39, 0.29) is 5.41 Å². The lowest BCUT2D eigenvalue weighted by Gasteiger charge is -2.28. The van der Waals surface area contributed by atoms with E-state index in [1.54, 1.807) is 6.26 Å². The lowest BCUT2D eigenvalue weighted by Crippen LogP contribution is -2.37. The highest BCUT2D eigenvalue weighted by atomic mass is 16.5. The molecule has 1 heterocycles. The van der Waals surface area contributed by atoms with Crippen LogP contribution in [0.3, 0.4) is 0 Å². The van der Waals surface area contributed by atoms with Gasteiger partial charge in [0.1, 0.15) is 12.4 Å². The van der Waals surface area contributed by atoms with E-state index in [0.717, 1.165) is 12.3 Å². The van der Waals surface area contributed by atoms with Crippen LogP contribution in [0.5, 0.6) is 0 Å². The zero-order valence-corrected chi connectivity index (χ0v) is 11.8. The van der Waals surface area contributed by atoms with Crippen molar-refractivity contribution in [1.82, 2.24) is 4.90 Å². The average Bonchev–Trinajstić information content (AvgIpc) is 2.66. The summed E-state index contributed by atoms with van der Waals surface area (Å²) >= 11 is 0. The first-order valence-corrected chi connectivity index (χ1v) is 6.33. The Bertz CT molecular complexity index is 316. The van der Waals surface area contributed by atoms with Gasteiger partial charge in [-0.2, -0.15) is 0 Å². The molecule has 0 aliphatic heterocycles. The summed E-state index contributed by atoms with van der Waals surface area (Å²) in [5, 5.41) is 9.85. The lowest BCUT2D eigenvalue weighted by molar-refractivity contribution is 0.00513. The minimum absolute atomic E-state index is 0.240. The number of aliphatic hydroxyl groups excluding tert-OH is 1. The van der Waals surface area contributed by atoms with Gasteiger partial charge in [-0.1, -0.05) is 20.8 Å². The van der Waals surface area contributed by atoms with Gasteiger partial charge in [0, 0.05) is 13.1 Å². The molecule has 1 N–H and O–H groups in total. The van der Waals surface area contributed by atoms with E-state index in [9.17, 15) is 5.11 Å². The third-order valence-corrected chi connectivity index (χ3v) is 2.40. The Morgan fingerprint density at radius 2 is 2.17 bits per heavy atom. The molecule has 1 rings (SSSR count). The number of ether oxygens (including phenoxy) is 1. The van der Waals surface area contributed by atoms with E-state index < -0.39 is 6.10 Å². The maximum absolute atomic E-state index is 9.85. The largest absolute Gasteiger partial charge is 0.467 e. The smallest absolute Gasteiger partial charge is 0.129 e. The van der Waals surface area contributed by atoms with Gasteiger partial charge in [-0.3, -0.25) is 0 Å². The summed E-state index contributed by atoms with van der Waals surface area (Å²) in [5.74, 6) is 0.783. The van der Waals surface area contributed by atoms with Crippen molar-refractivity contribution in [3.63, 3.8) is 0 Å². The summed E-state index contributed by atoms with van der Waals surface area (Å²) in [5.41, 5.74) is 0.240. The van der Waals surface area contributed by atoms with Crippen molar-refractivity contribution in [3.8, 4) is 0 Å². The normalized spacial score (nSPS) is 14.1. The molecule has 104 valence electrons. The first kappa shape index (κ1) is 15.2. The summed E-state index contributed by atoms with van der Waals surface area (Å²) in [7, 11) is 2.01. The van der Waals surface area contributed by atoms with E-state index in [2.05, 4.69) is 25.7 Å². The van der Waals surface area contributed by atoms with Gasteiger partial charge in [-0.15, -0.1) is 0 Å². The second-order valence-corrected chi connectivity index (χ2v) is 6.01. The molecule has 0 fully saturated rings. The summed E-state index contributed by atoms with van der Waals surface area (Å²) in [4.78, 5) is 2.13. The van der Waals surface area contributed by atoms with E-state index in [1.165, 1.54) is 0 Å². The molecule has 0 amide bonds. The predicted octanol–water partition coefficient (Wildman–Crippen LogP) is 2.13. The monoisotopic (exact) mass is 255 g/mol. The first-order valence-electron chi connectivity index (χ1n) is 6.33. The van der Waals surface area contributed by atoms with E-state index in [4.69, 9.17) is 9.15 Å². The molecule has 0 saturated carbocycles. The number of furan rings is 1. The standard InChI is InChI=1S/C14H25NO3/c1-14(2,3)11-15(4)8-12(16)9-17-10-13-6-5-7-18-13/h5-7,12,16H,8-11H2,1-4H3. The molecular formula is C14H25NO3. The summed E-state index contributed by atoms with van der Waals surface area (Å²) in [6, 6.07) is 3.68. The molecule has 0 saturated heterocycles. The van der Waals surface area contributed by atoms with Crippen LogP contribution in [0.1, 0.15) is 26.5 Å². The fourth-order valence-electron chi connectivity index (χ4n) is 1.98. The Hall–Kier alpha value is -0.840. The van der Waals surface area contributed by atoms with Gasteiger partial charge in [0.2, 0.25) is 0 Å². The second kappa shape index (κ2) is 6.92. The Balaban J connectivity index is 2.15. The van der Waals surface area contributed by atoms with Crippen LogP contribution < -0.4 is 0 Å². The molecule has 1 unspecified atom stereocenters. The van der Waals surface area contributed by atoms with Gasteiger partial charge in [0.05, 0.1) is 19.0 Å². The second-order valence-electron chi connectivity index (χ2n) is 6.01. The summed E-state index contributed by atoms with van der Waals surface area (Å²) in [6.07, 6.45) is 1.15. The van der Waals surface area contributed by atoms with Crippen LogP contribution in [0.2, 0.25) is 0 Å². The number of hydrogen-bond acceptors (Lipinski definition) is 4. The zero-order valence-electron chi connectivity index (χ0n) is 11.8. The van der Waals surface area contributed by atoms with Crippen molar-refractivity contribution < 1.29 is 14.3 Å². The number of nitrogens with zero attached hydrogens (tertiary/aromatic N) is 1. The maximum Gasteiger partial charge on any atom is 0.129 e. The number of hydrogen-bond donors (Lipinski definition) is 1. The molecular weight excluding hydrogens is 230 g/mol. The predicted molar refractivity (Wildman–Crippen MR) is 71.3 cm³/mol. The zero-order chi connectivity index (χ0) is 13.6. The number of likely N-dealkylation sites (N-methyl/N-ethyl adjacent to an activating group) is 1. The number of aliphatic hydroxyl groups is 1. The fraction of sp³-hybridized carbons (Fsp3) is 0.714. The molecule has 0 spiro atoms. The van der Waals surface area contributed by atoms with Crippen molar-refractivity contribution in [2.75, 3.05) is 26.7 Å². The minimum atomic E-state index is -0.465. The van der Waals surface area contributed by atoms with Gasteiger partial charge >= 0.3 is 0 Å². The molecule has 18 heavy (non-hydrogen) atoms. The van der Waals surface area contributed by atoms with E-state index >= 15 is 0 Å². The van der Waals surface area contributed by atoms with E-state index in [1.807, 2.05) is 19.2 Å². The molecule has 0 aliphatic carbocycles. The summed E-state index contributed by atoms with van der Waals surface area (Å²) < 4.78 is 10.5. The van der Waals surface area contributed by atoms with Crippen LogP contribution in [-0.2, 0) is 11.3 Å². The molecule has 4 nitrogen and oxygen atoms in total. The maximum atomic E-state index is 9.85. The van der Waals surface area contributed by atoms with Crippen molar-refractivity contribution in [1.29, 1.82) is 0 Å². The first-order chi connectivity index (χ1) is 8.37. The molecule has 0 radical (unpaired) electrons. The molecule has 0 bridgehead atoms. The Morgan fingerprint density at radius 1 is 1.44 bits per heavy atom. The molecule has 1 aromatic rings. The van der Waals surface area contributed by atoms with Gasteiger partial charge < -0.3 is 19.2 Å². The van der Waals surface area contributed by atoms with Crippen molar-refractivity contribution in [2.45, 2.75) is 33.5 Å². The van der Waals surface area contributed by atoms with Crippen LogP contribution in [0.15, 0.2) is 22.8 Å². The molecule has 0 aromatic carbocycles. The number of rotatable bonds is 7. The van der Waals surface area contributed by atoms with Crippen LogP contribution in [0.25, 0.3) is 0 Å². The highest BCUT2D eigenvalue weighted by Crippen LogP contribution is 2.14. The third-order valence-electron chi connectivity index (χ3n) is 2.40. The minimum Gasteiger partial charge on any atom is -0.467 e. The molecule has 1 aromatic heterocycles. The topological polar surface area (TPSA) is 45.8 Å². The van der Waals surface area contributed by atoms with Crippen molar-refractivity contribution in [3.05, 3.63) is 24.2 Å². The highest BCUT2D eigenvalue weighted by molar-refractivity contribution is 4.96.